The number of benzene rings is 2. The summed E-state index contributed by atoms with van der Waals surface area (Å²) in [5.74, 6) is -0.632. The fourth-order valence-corrected chi connectivity index (χ4v) is 5.20. The third-order valence-corrected chi connectivity index (χ3v) is 7.50. The van der Waals surface area contributed by atoms with Crippen LogP contribution in [0.2, 0.25) is 0 Å². The number of aromatic nitrogens is 4. The summed E-state index contributed by atoms with van der Waals surface area (Å²) in [7, 11) is 0. The highest BCUT2D eigenvalue weighted by Gasteiger charge is 2.19. The first-order valence-electron chi connectivity index (χ1n) is 13.7. The van der Waals surface area contributed by atoms with E-state index in [0.717, 1.165) is 41.7 Å². The third kappa shape index (κ3) is 6.28. The van der Waals surface area contributed by atoms with E-state index in [1.807, 2.05) is 18.2 Å². The topological polar surface area (TPSA) is 98.8 Å². The minimum absolute atomic E-state index is 0.279. The molecule has 3 N–H and O–H groups in total. The van der Waals surface area contributed by atoms with Crippen molar-refractivity contribution in [1.82, 2.24) is 24.6 Å². The Morgan fingerprint density at radius 1 is 1.05 bits per heavy atom. The molecule has 0 spiro atoms. The van der Waals surface area contributed by atoms with Gasteiger partial charge in [0.05, 0.1) is 28.7 Å². The van der Waals surface area contributed by atoms with E-state index in [1.54, 1.807) is 29.1 Å². The van der Waals surface area contributed by atoms with Crippen LogP contribution >= 0.6 is 0 Å². The average molecular weight is 557 g/mol. The van der Waals surface area contributed by atoms with Crippen LogP contribution in [-0.4, -0.2) is 49.8 Å². The standard InChI is InChI=1S/C31H30F2N6O2/c32-24-4-1-20(2-5-24)7-12-39-19-23(16-35-39)30(40)36-26-15-27(31(41)34-17-26)29-14-22-13-21(3-6-28(22)37-29)18-38-10-8-25(33)9-11-38/h1-6,13-17,19,25,37H,7-12,18H2,(H,34,41)(H,36,40). The van der Waals surface area contributed by atoms with Crippen LogP contribution in [-0.2, 0) is 19.5 Å². The van der Waals surface area contributed by atoms with Crippen LogP contribution in [0.3, 0.4) is 0 Å². The number of aromatic amines is 2. The Kier molecular flexibility index (Phi) is 7.47. The molecule has 1 saturated heterocycles. The summed E-state index contributed by atoms with van der Waals surface area (Å²) in [4.78, 5) is 33.9. The number of rotatable bonds is 8. The molecule has 0 bridgehead atoms. The number of halogens is 2. The second-order valence-electron chi connectivity index (χ2n) is 10.5. The van der Waals surface area contributed by atoms with Crippen molar-refractivity contribution in [3.8, 4) is 11.3 Å². The van der Waals surface area contributed by atoms with Crippen molar-refractivity contribution in [3.05, 3.63) is 106 Å². The molecule has 8 nitrogen and oxygen atoms in total. The maximum absolute atomic E-state index is 13.5. The molecule has 1 fully saturated rings. The quantitative estimate of drug-likeness (QED) is 0.242. The molecule has 5 aromatic rings. The van der Waals surface area contributed by atoms with Crippen LogP contribution in [0.1, 0.15) is 34.3 Å². The van der Waals surface area contributed by atoms with Gasteiger partial charge < -0.3 is 15.3 Å². The predicted octanol–water partition coefficient (Wildman–Crippen LogP) is 5.29. The summed E-state index contributed by atoms with van der Waals surface area (Å²) < 4.78 is 28.3. The highest BCUT2D eigenvalue weighted by molar-refractivity contribution is 6.04. The van der Waals surface area contributed by atoms with Crippen LogP contribution < -0.4 is 10.9 Å². The molecule has 0 unspecified atom stereocenters. The van der Waals surface area contributed by atoms with E-state index < -0.39 is 6.17 Å². The second-order valence-corrected chi connectivity index (χ2v) is 10.5. The van der Waals surface area contributed by atoms with E-state index in [1.165, 1.54) is 24.5 Å². The van der Waals surface area contributed by atoms with Crippen molar-refractivity contribution >= 4 is 22.5 Å². The number of nitrogens with zero attached hydrogens (tertiary/aromatic N) is 3. The first kappa shape index (κ1) is 26.6. The van der Waals surface area contributed by atoms with Crippen LogP contribution in [0.25, 0.3) is 22.2 Å². The Hall–Kier alpha value is -4.57. The van der Waals surface area contributed by atoms with Crippen molar-refractivity contribution < 1.29 is 13.6 Å². The number of carbonyl (C=O) groups excluding carboxylic acids is 1. The Bertz CT molecular complexity index is 1730. The van der Waals surface area contributed by atoms with Crippen molar-refractivity contribution in [3.63, 3.8) is 0 Å². The van der Waals surface area contributed by atoms with Gasteiger partial charge in [-0.15, -0.1) is 0 Å². The lowest BCUT2D eigenvalue weighted by Gasteiger charge is -2.28. The zero-order valence-electron chi connectivity index (χ0n) is 22.4. The number of likely N-dealkylation sites (tertiary alicyclic amines) is 1. The third-order valence-electron chi connectivity index (χ3n) is 7.50. The fraction of sp³-hybridized carbons (Fsp3) is 0.258. The highest BCUT2D eigenvalue weighted by atomic mass is 19.1. The van der Waals surface area contributed by atoms with Crippen LogP contribution in [0.15, 0.2) is 78.0 Å². The van der Waals surface area contributed by atoms with Gasteiger partial charge in [0.25, 0.3) is 11.5 Å². The fourth-order valence-electron chi connectivity index (χ4n) is 5.20. The van der Waals surface area contributed by atoms with Crippen LogP contribution in [0.4, 0.5) is 14.5 Å². The van der Waals surface area contributed by atoms with Gasteiger partial charge in [0.1, 0.15) is 12.0 Å². The van der Waals surface area contributed by atoms with Gasteiger partial charge in [-0.3, -0.25) is 19.2 Å². The van der Waals surface area contributed by atoms with Crippen molar-refractivity contribution in [2.24, 2.45) is 0 Å². The Balaban J connectivity index is 1.13. The van der Waals surface area contributed by atoms with Gasteiger partial charge in [-0.05, 0) is 66.8 Å². The zero-order chi connectivity index (χ0) is 28.3. The van der Waals surface area contributed by atoms with Crippen molar-refractivity contribution in [2.75, 3.05) is 18.4 Å². The van der Waals surface area contributed by atoms with Gasteiger partial charge in [0, 0.05) is 49.5 Å². The van der Waals surface area contributed by atoms with Crippen molar-refractivity contribution in [2.45, 2.75) is 38.5 Å². The summed E-state index contributed by atoms with van der Waals surface area (Å²) in [6.45, 7) is 2.80. The van der Waals surface area contributed by atoms with E-state index in [-0.39, 0.29) is 17.3 Å². The first-order chi connectivity index (χ1) is 19.9. The Labute approximate surface area is 235 Å². The number of carbonyl (C=O) groups is 1. The molecule has 210 valence electrons. The molecular formula is C31H30F2N6O2. The van der Waals surface area contributed by atoms with E-state index in [4.69, 9.17) is 0 Å². The largest absolute Gasteiger partial charge is 0.354 e. The second kappa shape index (κ2) is 11.5. The number of alkyl halides is 1. The number of pyridine rings is 1. The molecule has 0 saturated carbocycles. The number of hydrogen-bond donors (Lipinski definition) is 3. The van der Waals surface area contributed by atoms with Gasteiger partial charge in [-0.1, -0.05) is 18.2 Å². The molecule has 1 amide bonds. The molecule has 0 aliphatic carbocycles. The molecular weight excluding hydrogens is 526 g/mol. The summed E-state index contributed by atoms with van der Waals surface area (Å²) in [6, 6.07) is 16.0. The Morgan fingerprint density at radius 3 is 2.63 bits per heavy atom. The average Bonchev–Trinajstić information content (AvgIpc) is 3.62. The summed E-state index contributed by atoms with van der Waals surface area (Å²) in [5.41, 5.74) is 4.59. The minimum atomic E-state index is -0.698. The molecule has 1 aliphatic rings. The number of aryl methyl sites for hydroxylation is 2. The van der Waals surface area contributed by atoms with Gasteiger partial charge in [-0.2, -0.15) is 5.10 Å². The number of nitrogens with one attached hydrogen (secondary N) is 3. The SMILES string of the molecule is O=C(Nc1c[nH]c(=O)c(-c2cc3cc(CN4CCC(F)CC4)ccc3[nH]2)c1)c1cnn(CCc2ccc(F)cc2)c1. The van der Waals surface area contributed by atoms with Gasteiger partial charge >= 0.3 is 0 Å². The van der Waals surface area contributed by atoms with Crippen LogP contribution in [0, 0.1) is 5.82 Å². The number of fused-ring (bicyclic) bond motifs is 1. The molecule has 1 aliphatic heterocycles. The lowest BCUT2D eigenvalue weighted by atomic mass is 10.1. The Morgan fingerprint density at radius 2 is 1.83 bits per heavy atom. The maximum Gasteiger partial charge on any atom is 0.258 e. The summed E-state index contributed by atoms with van der Waals surface area (Å²) in [5, 5.41) is 8.06. The monoisotopic (exact) mass is 556 g/mol. The van der Waals surface area contributed by atoms with E-state index in [2.05, 4.69) is 31.3 Å². The number of piperidine rings is 1. The van der Waals surface area contributed by atoms with Gasteiger partial charge in [-0.25, -0.2) is 8.78 Å². The maximum atomic E-state index is 13.5. The van der Waals surface area contributed by atoms with E-state index in [9.17, 15) is 18.4 Å². The van der Waals surface area contributed by atoms with Gasteiger partial charge in [0.2, 0.25) is 0 Å². The molecule has 2 aromatic carbocycles. The van der Waals surface area contributed by atoms with E-state index in [0.29, 0.717) is 48.3 Å². The van der Waals surface area contributed by atoms with Crippen LogP contribution in [0.5, 0.6) is 0 Å². The number of amides is 1. The van der Waals surface area contributed by atoms with Gasteiger partial charge in [0.15, 0.2) is 0 Å². The zero-order valence-corrected chi connectivity index (χ0v) is 22.4. The number of H-pyrrole nitrogens is 2. The lowest BCUT2D eigenvalue weighted by molar-refractivity contribution is 0.102. The lowest BCUT2D eigenvalue weighted by Crippen LogP contribution is -2.33. The molecule has 6 rings (SSSR count). The molecule has 0 radical (unpaired) electrons. The normalized spacial score (nSPS) is 14.5. The molecule has 0 atom stereocenters. The predicted molar refractivity (Wildman–Crippen MR) is 154 cm³/mol. The molecule has 4 heterocycles. The number of anilines is 1. The minimum Gasteiger partial charge on any atom is -0.354 e. The molecule has 10 heteroatoms. The smallest absolute Gasteiger partial charge is 0.258 e. The molecule has 3 aromatic heterocycles. The van der Waals surface area contributed by atoms with Crippen molar-refractivity contribution in [1.29, 1.82) is 0 Å². The highest BCUT2D eigenvalue weighted by Crippen LogP contribution is 2.26. The first-order valence-corrected chi connectivity index (χ1v) is 13.7. The van der Waals surface area contributed by atoms with E-state index >= 15 is 0 Å². The number of hydrogen-bond acceptors (Lipinski definition) is 4. The summed E-state index contributed by atoms with van der Waals surface area (Å²) in [6.07, 6.45) is 5.71. The molecule has 41 heavy (non-hydrogen) atoms. The summed E-state index contributed by atoms with van der Waals surface area (Å²) >= 11 is 0.